The molecule has 37 heavy (non-hydrogen) atoms. The molecule has 2 aliphatic rings. The summed E-state index contributed by atoms with van der Waals surface area (Å²) < 4.78 is 0. The minimum Gasteiger partial charge on any atom is -0.387 e. The molecule has 0 bridgehead atoms. The highest BCUT2D eigenvalue weighted by Crippen LogP contribution is 2.43. The lowest BCUT2D eigenvalue weighted by atomic mass is 9.73. The van der Waals surface area contributed by atoms with E-state index in [9.17, 15) is 26.3 Å². The van der Waals surface area contributed by atoms with Gasteiger partial charge in [0.25, 0.3) is 0 Å². The van der Waals surface area contributed by atoms with Gasteiger partial charge in [-0.3, -0.25) is 0 Å². The monoisotopic (exact) mass is 513 g/mol. The summed E-state index contributed by atoms with van der Waals surface area (Å²) in [5, 5.41) is 53.9. The Labute approximate surface area is 226 Å². The van der Waals surface area contributed by atoms with Crippen LogP contribution in [0, 0.1) is 67.5 Å². The van der Waals surface area contributed by atoms with E-state index in [1.165, 1.54) is 0 Å². The fraction of sp³-hybridized carbons (Fsp3) is 0.552. The Kier molecular flexibility index (Phi) is 10.4. The predicted octanol–water partition coefficient (Wildman–Crippen LogP) is 5.97. The van der Waals surface area contributed by atoms with Crippen LogP contribution in [0.5, 0.6) is 0 Å². The first-order chi connectivity index (χ1) is 17.5. The minimum absolute atomic E-state index is 0.0241. The second kappa shape index (κ2) is 13.1. The van der Waals surface area contributed by atoms with Crippen molar-refractivity contribution in [3.05, 3.63) is 44.2 Å². The van der Waals surface area contributed by atoms with Crippen LogP contribution in [0.3, 0.4) is 0 Å². The number of hydrogen-bond donors (Lipinski definition) is 3. The summed E-state index contributed by atoms with van der Waals surface area (Å²) in [5.74, 6) is 0. The van der Waals surface area contributed by atoms with Crippen LogP contribution in [0.25, 0.3) is 0 Å². The summed E-state index contributed by atoms with van der Waals surface area (Å²) in [6, 6.07) is 10.1. The topological polar surface area (TPSA) is 143 Å². The molecule has 0 fully saturated rings. The van der Waals surface area contributed by atoms with Gasteiger partial charge in [0.1, 0.15) is 41.5 Å². The van der Waals surface area contributed by atoms with Crippen molar-refractivity contribution in [3.63, 3.8) is 0 Å². The normalized spacial score (nSPS) is 18.1. The number of unbranched alkanes of at least 4 members (excludes halogenated alkanes) is 3. The fourth-order valence-electron chi connectivity index (χ4n) is 5.00. The van der Waals surface area contributed by atoms with Gasteiger partial charge in [0.15, 0.2) is 0 Å². The third kappa shape index (κ3) is 7.92. The molecule has 7 nitrogen and oxygen atoms in total. The second-order valence-corrected chi connectivity index (χ2v) is 11.7. The highest BCUT2D eigenvalue weighted by Gasteiger charge is 2.33. The van der Waals surface area contributed by atoms with E-state index in [4.69, 9.17) is 0 Å². The van der Waals surface area contributed by atoms with Gasteiger partial charge >= 0.3 is 0 Å². The van der Waals surface area contributed by atoms with Crippen molar-refractivity contribution in [3.8, 4) is 30.3 Å². The lowest BCUT2D eigenvalue weighted by Crippen LogP contribution is -2.28. The summed E-state index contributed by atoms with van der Waals surface area (Å²) in [6.45, 7) is 9.96. The molecule has 0 aliphatic heterocycles. The van der Waals surface area contributed by atoms with E-state index >= 15 is 0 Å². The molecular formula is C29H35N7S. The number of nitrogens with one attached hydrogen (secondary N) is 2. The van der Waals surface area contributed by atoms with Gasteiger partial charge in [0.2, 0.25) is 0 Å². The summed E-state index contributed by atoms with van der Waals surface area (Å²) in [6.07, 6.45) is 6.71. The molecule has 2 aliphatic carbocycles. The summed E-state index contributed by atoms with van der Waals surface area (Å²) in [4.78, 5) is 0.725. The van der Waals surface area contributed by atoms with E-state index in [0.717, 1.165) is 67.1 Å². The van der Waals surface area contributed by atoms with Crippen LogP contribution in [0.2, 0.25) is 0 Å². The molecule has 0 unspecified atom stereocenters. The van der Waals surface area contributed by atoms with Crippen LogP contribution in [0.15, 0.2) is 44.2 Å². The molecule has 8 heteroatoms. The zero-order chi connectivity index (χ0) is 27.6. The number of hydrogen-bond acceptors (Lipinski definition) is 8. The van der Waals surface area contributed by atoms with Crippen molar-refractivity contribution in [1.29, 1.82) is 26.3 Å². The highest BCUT2D eigenvalue weighted by molar-refractivity contribution is 7.84. The van der Waals surface area contributed by atoms with Gasteiger partial charge in [0, 0.05) is 35.0 Å². The third-order valence-electron chi connectivity index (χ3n) is 6.74. The molecule has 0 aromatic rings. The summed E-state index contributed by atoms with van der Waals surface area (Å²) in [7, 11) is 0. The first-order valence-corrected chi connectivity index (χ1v) is 13.1. The van der Waals surface area contributed by atoms with Crippen molar-refractivity contribution in [2.45, 2.75) is 79.1 Å². The van der Waals surface area contributed by atoms with E-state index < -0.39 is 0 Å². The average Bonchev–Trinajstić information content (AvgIpc) is 2.84. The maximum absolute atomic E-state index is 9.72. The van der Waals surface area contributed by atoms with Crippen LogP contribution in [0.1, 0.15) is 79.1 Å². The Bertz CT molecular complexity index is 1210. The Hall–Kier alpha value is -3.64. The second-order valence-electron chi connectivity index (χ2n) is 11.3. The standard InChI is InChI=1S/C29H35N7S/c1-28(2)11-22(20(15-30)16-31)24(19-34)25(13-28)35-9-7-5-6-8-10-36-26-14-29(3,4)12-23(27(26)37)21(17-32)18-33/h35-37H,5-14H2,1-4H3. The molecule has 0 saturated carbocycles. The predicted molar refractivity (Wildman–Crippen MR) is 146 cm³/mol. The van der Waals surface area contributed by atoms with Gasteiger partial charge in [-0.25, -0.2) is 0 Å². The zero-order valence-corrected chi connectivity index (χ0v) is 23.1. The number of nitriles is 5. The molecule has 2 rings (SSSR count). The van der Waals surface area contributed by atoms with E-state index in [1.54, 1.807) is 0 Å². The maximum Gasteiger partial charge on any atom is 0.134 e. The summed E-state index contributed by atoms with van der Waals surface area (Å²) >= 11 is 4.64. The van der Waals surface area contributed by atoms with Gasteiger partial charge in [-0.1, -0.05) is 40.5 Å². The van der Waals surface area contributed by atoms with Crippen LogP contribution >= 0.6 is 12.6 Å². The number of rotatable bonds is 9. The first-order valence-electron chi connectivity index (χ1n) is 12.6. The largest absolute Gasteiger partial charge is 0.387 e. The van der Waals surface area contributed by atoms with Crippen molar-refractivity contribution in [2.24, 2.45) is 10.8 Å². The molecule has 0 aromatic carbocycles. The minimum atomic E-state index is -0.132. The number of allylic oxidation sites excluding steroid dienone is 7. The zero-order valence-electron chi connectivity index (χ0n) is 22.3. The van der Waals surface area contributed by atoms with Crippen LogP contribution in [0.4, 0.5) is 0 Å². The van der Waals surface area contributed by atoms with Crippen molar-refractivity contribution < 1.29 is 0 Å². The molecule has 0 spiro atoms. The lowest BCUT2D eigenvalue weighted by molar-refractivity contribution is 0.337. The van der Waals surface area contributed by atoms with Crippen molar-refractivity contribution in [2.75, 3.05) is 13.1 Å². The molecule has 0 atom stereocenters. The van der Waals surface area contributed by atoms with Crippen molar-refractivity contribution in [1.82, 2.24) is 10.6 Å². The first kappa shape index (κ1) is 29.6. The Morgan fingerprint density at radius 1 is 0.676 bits per heavy atom. The number of thiol groups is 1. The van der Waals surface area contributed by atoms with Crippen LogP contribution < -0.4 is 10.6 Å². The smallest absolute Gasteiger partial charge is 0.134 e. The van der Waals surface area contributed by atoms with Crippen LogP contribution in [-0.2, 0) is 0 Å². The van der Waals surface area contributed by atoms with E-state index in [2.05, 4.69) is 57.0 Å². The quantitative estimate of drug-likeness (QED) is 0.196. The maximum atomic E-state index is 9.72. The molecule has 0 saturated heterocycles. The number of nitrogens with zero attached hydrogens (tertiary/aromatic N) is 5. The van der Waals surface area contributed by atoms with E-state index in [1.807, 2.05) is 24.3 Å². The van der Waals surface area contributed by atoms with Gasteiger partial charge in [-0.2, -0.15) is 26.3 Å². The molecule has 2 N–H and O–H groups in total. The van der Waals surface area contributed by atoms with Crippen molar-refractivity contribution >= 4 is 12.6 Å². The average molecular weight is 514 g/mol. The highest BCUT2D eigenvalue weighted by atomic mass is 32.1. The van der Waals surface area contributed by atoms with Gasteiger partial charge < -0.3 is 10.6 Å². The Morgan fingerprint density at radius 3 is 1.59 bits per heavy atom. The molecule has 0 heterocycles. The molecule has 192 valence electrons. The van der Waals surface area contributed by atoms with Crippen LogP contribution in [-0.4, -0.2) is 13.1 Å². The fourth-order valence-corrected chi connectivity index (χ4v) is 5.35. The van der Waals surface area contributed by atoms with E-state index in [-0.39, 0.29) is 22.0 Å². The van der Waals surface area contributed by atoms with Gasteiger partial charge in [-0.05, 0) is 54.9 Å². The third-order valence-corrected chi connectivity index (χ3v) is 7.28. The van der Waals surface area contributed by atoms with Gasteiger partial charge in [-0.15, -0.1) is 12.6 Å². The van der Waals surface area contributed by atoms with Gasteiger partial charge in [0.05, 0.1) is 5.57 Å². The summed E-state index contributed by atoms with van der Waals surface area (Å²) in [5.41, 5.74) is 3.52. The molecule has 0 aromatic heterocycles. The molecule has 0 amide bonds. The molecular weight excluding hydrogens is 478 g/mol. The Morgan fingerprint density at radius 2 is 1.11 bits per heavy atom. The molecule has 0 radical (unpaired) electrons. The van der Waals surface area contributed by atoms with E-state index in [0.29, 0.717) is 30.4 Å². The Balaban J connectivity index is 1.89. The lowest BCUT2D eigenvalue weighted by Gasteiger charge is -2.34. The SMILES string of the molecule is CC1(C)CC(NCCCCCCNC2=C(C#N)C(=C(C#N)C#N)CC(C)(C)C2)=C(S)C(=C(C#N)C#N)C1.